The lowest BCUT2D eigenvalue weighted by molar-refractivity contribution is -0.121. The van der Waals surface area contributed by atoms with E-state index in [0.29, 0.717) is 27.6 Å². The number of hydrogen-bond donors (Lipinski definition) is 1. The Morgan fingerprint density at radius 3 is 2.18 bits per heavy atom. The third-order valence-electron chi connectivity index (χ3n) is 4.74. The topological polar surface area (TPSA) is 75.7 Å². The summed E-state index contributed by atoms with van der Waals surface area (Å²) in [6, 6.07) is 8.91. The summed E-state index contributed by atoms with van der Waals surface area (Å²) in [5, 5.41) is 3.30. The van der Waals surface area contributed by atoms with E-state index in [0.717, 1.165) is 10.5 Å². The van der Waals surface area contributed by atoms with Crippen LogP contribution in [0.15, 0.2) is 36.4 Å². The smallest absolute Gasteiger partial charge is 0.262 e. The summed E-state index contributed by atoms with van der Waals surface area (Å²) in [5.41, 5.74) is 1.81. The number of amides is 3. The molecule has 2 aromatic carbocycles. The van der Waals surface area contributed by atoms with Crippen LogP contribution in [0.3, 0.4) is 0 Å². The number of nitrogens with one attached hydrogen (secondary N) is 1. The largest absolute Gasteiger partial charge is 0.495 e. The molecule has 1 aliphatic heterocycles. The van der Waals surface area contributed by atoms with Gasteiger partial charge in [-0.05, 0) is 36.6 Å². The number of nitrogens with zero attached hydrogens (tertiary/aromatic N) is 1. The van der Waals surface area contributed by atoms with Crippen LogP contribution in [-0.2, 0) is 4.79 Å². The minimum absolute atomic E-state index is 0.290. The first-order valence-electron chi connectivity index (χ1n) is 8.88. The van der Waals surface area contributed by atoms with Gasteiger partial charge in [0.1, 0.15) is 11.8 Å². The predicted octanol–water partition coefficient (Wildman–Crippen LogP) is 3.92. The number of benzene rings is 2. The highest BCUT2D eigenvalue weighted by atomic mass is 35.5. The Morgan fingerprint density at radius 1 is 1.11 bits per heavy atom. The fraction of sp³-hybridized carbons (Fsp3) is 0.286. The number of carbonyl (C=O) groups is 3. The Balaban J connectivity index is 1.94. The number of hydrogen-bond acceptors (Lipinski definition) is 4. The number of imide groups is 1. The van der Waals surface area contributed by atoms with Crippen LogP contribution in [0.1, 0.15) is 40.1 Å². The molecule has 1 heterocycles. The Hall–Kier alpha value is -2.86. The molecule has 0 unspecified atom stereocenters. The number of anilines is 1. The van der Waals surface area contributed by atoms with Crippen molar-refractivity contribution in [2.24, 2.45) is 5.92 Å². The first kappa shape index (κ1) is 19.9. The lowest BCUT2D eigenvalue weighted by atomic mass is 10.0. The molecule has 0 spiro atoms. The fourth-order valence-corrected chi connectivity index (χ4v) is 3.47. The van der Waals surface area contributed by atoms with E-state index in [9.17, 15) is 14.4 Å². The van der Waals surface area contributed by atoms with Crippen LogP contribution in [0.2, 0.25) is 5.02 Å². The molecular formula is C21H21ClN2O4. The van der Waals surface area contributed by atoms with Gasteiger partial charge >= 0.3 is 0 Å². The van der Waals surface area contributed by atoms with Crippen molar-refractivity contribution in [2.45, 2.75) is 26.8 Å². The maximum atomic E-state index is 13.1. The third-order valence-corrected chi connectivity index (χ3v) is 5.15. The molecule has 6 nitrogen and oxygen atoms in total. The van der Waals surface area contributed by atoms with Gasteiger partial charge in [-0.1, -0.05) is 37.6 Å². The van der Waals surface area contributed by atoms with E-state index in [1.807, 2.05) is 6.92 Å². The van der Waals surface area contributed by atoms with Crippen LogP contribution < -0.4 is 10.1 Å². The third kappa shape index (κ3) is 3.36. The second kappa shape index (κ2) is 7.64. The molecule has 146 valence electrons. The molecule has 0 aliphatic carbocycles. The summed E-state index contributed by atoms with van der Waals surface area (Å²) in [5.74, 6) is -1.29. The number of rotatable bonds is 5. The number of halogens is 1. The van der Waals surface area contributed by atoms with Gasteiger partial charge in [0.05, 0.1) is 23.9 Å². The van der Waals surface area contributed by atoms with Crippen molar-refractivity contribution in [3.63, 3.8) is 0 Å². The molecule has 0 fully saturated rings. The zero-order chi connectivity index (χ0) is 20.6. The Morgan fingerprint density at radius 2 is 1.68 bits per heavy atom. The van der Waals surface area contributed by atoms with Gasteiger partial charge in [-0.3, -0.25) is 19.3 Å². The van der Waals surface area contributed by atoms with E-state index in [1.54, 1.807) is 50.2 Å². The minimum Gasteiger partial charge on any atom is -0.495 e. The fourth-order valence-electron chi connectivity index (χ4n) is 3.32. The molecule has 0 saturated heterocycles. The van der Waals surface area contributed by atoms with Crippen LogP contribution in [0.25, 0.3) is 0 Å². The molecule has 1 N–H and O–H groups in total. The van der Waals surface area contributed by atoms with Gasteiger partial charge in [-0.15, -0.1) is 0 Å². The van der Waals surface area contributed by atoms with Crippen molar-refractivity contribution in [1.29, 1.82) is 0 Å². The second-order valence-corrected chi connectivity index (χ2v) is 7.41. The molecule has 0 radical (unpaired) electrons. The summed E-state index contributed by atoms with van der Waals surface area (Å²) in [6.07, 6.45) is 0. The minimum atomic E-state index is -0.965. The second-order valence-electron chi connectivity index (χ2n) is 7.01. The summed E-state index contributed by atoms with van der Waals surface area (Å²) < 4.78 is 5.29. The number of fused-ring (bicyclic) bond motifs is 1. The van der Waals surface area contributed by atoms with Gasteiger partial charge < -0.3 is 10.1 Å². The molecule has 0 aromatic heterocycles. The zero-order valence-electron chi connectivity index (χ0n) is 16.1. The molecule has 1 aliphatic rings. The molecule has 0 saturated carbocycles. The van der Waals surface area contributed by atoms with Gasteiger partial charge in [-0.25, -0.2) is 0 Å². The molecule has 28 heavy (non-hydrogen) atoms. The van der Waals surface area contributed by atoms with Crippen molar-refractivity contribution in [1.82, 2.24) is 4.90 Å². The molecule has 7 heteroatoms. The Labute approximate surface area is 168 Å². The number of ether oxygens (including phenoxy) is 1. The van der Waals surface area contributed by atoms with Gasteiger partial charge in [0.15, 0.2) is 0 Å². The zero-order valence-corrected chi connectivity index (χ0v) is 16.8. The molecule has 3 rings (SSSR count). The van der Waals surface area contributed by atoms with E-state index < -0.39 is 23.8 Å². The summed E-state index contributed by atoms with van der Waals surface area (Å²) in [7, 11) is 1.47. The highest BCUT2D eigenvalue weighted by molar-refractivity contribution is 6.31. The Bertz CT molecular complexity index is 936. The van der Waals surface area contributed by atoms with E-state index in [-0.39, 0.29) is 5.92 Å². The highest BCUT2D eigenvalue weighted by Crippen LogP contribution is 2.32. The van der Waals surface area contributed by atoms with Gasteiger partial charge in [0, 0.05) is 11.1 Å². The predicted molar refractivity (Wildman–Crippen MR) is 107 cm³/mol. The summed E-state index contributed by atoms with van der Waals surface area (Å²) in [4.78, 5) is 39.8. The van der Waals surface area contributed by atoms with E-state index in [1.165, 1.54) is 7.11 Å². The average Bonchev–Trinajstić information content (AvgIpc) is 2.90. The van der Waals surface area contributed by atoms with Gasteiger partial charge in [0.25, 0.3) is 11.8 Å². The molecule has 1 atom stereocenters. The molecular weight excluding hydrogens is 380 g/mol. The maximum absolute atomic E-state index is 13.1. The molecule has 2 aromatic rings. The quantitative estimate of drug-likeness (QED) is 0.772. The van der Waals surface area contributed by atoms with Crippen molar-refractivity contribution >= 4 is 35.0 Å². The van der Waals surface area contributed by atoms with Crippen LogP contribution >= 0.6 is 11.6 Å². The lowest BCUT2D eigenvalue weighted by Crippen LogP contribution is -2.50. The van der Waals surface area contributed by atoms with E-state index >= 15 is 0 Å². The van der Waals surface area contributed by atoms with Crippen molar-refractivity contribution in [3.05, 3.63) is 58.1 Å². The monoisotopic (exact) mass is 400 g/mol. The van der Waals surface area contributed by atoms with Crippen LogP contribution in [0.5, 0.6) is 5.75 Å². The van der Waals surface area contributed by atoms with Crippen molar-refractivity contribution in [3.8, 4) is 5.75 Å². The van der Waals surface area contributed by atoms with Crippen LogP contribution in [0, 0.1) is 12.8 Å². The normalized spacial score (nSPS) is 14.3. The molecule has 3 amide bonds. The number of methoxy groups -OCH3 is 1. The SMILES string of the molecule is COc1cc(Cl)c(C)cc1NC(=O)[C@@H](C(C)C)N1C(=O)c2ccccc2C1=O. The van der Waals surface area contributed by atoms with E-state index in [4.69, 9.17) is 16.3 Å². The Kier molecular flexibility index (Phi) is 5.42. The molecule has 0 bridgehead atoms. The average molecular weight is 401 g/mol. The number of carbonyl (C=O) groups excluding carboxylic acids is 3. The lowest BCUT2D eigenvalue weighted by Gasteiger charge is -2.28. The highest BCUT2D eigenvalue weighted by Gasteiger charge is 2.44. The first-order valence-corrected chi connectivity index (χ1v) is 9.26. The summed E-state index contributed by atoms with van der Waals surface area (Å²) in [6.45, 7) is 5.39. The number of aryl methyl sites for hydroxylation is 1. The van der Waals surface area contributed by atoms with Gasteiger partial charge in [-0.2, -0.15) is 0 Å². The summed E-state index contributed by atoms with van der Waals surface area (Å²) >= 11 is 6.12. The van der Waals surface area contributed by atoms with Crippen LogP contribution in [0.4, 0.5) is 5.69 Å². The van der Waals surface area contributed by atoms with Crippen molar-refractivity contribution < 1.29 is 19.1 Å². The van der Waals surface area contributed by atoms with E-state index in [2.05, 4.69) is 5.32 Å². The van der Waals surface area contributed by atoms with Crippen LogP contribution in [-0.4, -0.2) is 35.8 Å². The maximum Gasteiger partial charge on any atom is 0.262 e. The first-order chi connectivity index (χ1) is 13.3. The van der Waals surface area contributed by atoms with Crippen molar-refractivity contribution in [2.75, 3.05) is 12.4 Å². The van der Waals surface area contributed by atoms with Gasteiger partial charge in [0.2, 0.25) is 5.91 Å². The standard InChI is InChI=1S/C21H21ClN2O4/c1-11(2)18(24-20(26)13-7-5-6-8-14(13)21(24)27)19(25)23-16-9-12(3)15(22)10-17(16)28-4/h5-11,18H,1-4H3,(H,23,25)/t18-/m1/s1.